The highest BCUT2D eigenvalue weighted by Crippen LogP contribution is 2.34. The minimum Gasteiger partial charge on any atom is -0.492 e. The van der Waals surface area contributed by atoms with E-state index in [1.165, 1.54) is 0 Å². The van der Waals surface area contributed by atoms with Crippen molar-refractivity contribution in [2.75, 3.05) is 37.7 Å². The van der Waals surface area contributed by atoms with Crippen LogP contribution in [-0.2, 0) is 4.79 Å². The van der Waals surface area contributed by atoms with E-state index in [0.717, 1.165) is 60.1 Å². The van der Waals surface area contributed by atoms with Crippen molar-refractivity contribution in [3.63, 3.8) is 0 Å². The third-order valence-electron chi connectivity index (χ3n) is 4.32. The molecule has 5 nitrogen and oxygen atoms in total. The Labute approximate surface area is 147 Å². The van der Waals surface area contributed by atoms with E-state index in [2.05, 4.69) is 17.9 Å². The van der Waals surface area contributed by atoms with Crippen molar-refractivity contribution in [2.24, 2.45) is 0 Å². The summed E-state index contributed by atoms with van der Waals surface area (Å²) >= 11 is 1.70. The lowest BCUT2D eigenvalue weighted by Crippen LogP contribution is -2.48. The SMILES string of the molecule is CCCCC(=O)N1CCN(c2nc3c(OCC)cccc3s2)CC1. The number of thiazole rings is 1. The van der Waals surface area contributed by atoms with Crippen LogP contribution >= 0.6 is 11.3 Å². The molecule has 0 radical (unpaired) electrons. The summed E-state index contributed by atoms with van der Waals surface area (Å²) < 4.78 is 6.83. The van der Waals surface area contributed by atoms with Gasteiger partial charge >= 0.3 is 0 Å². The molecule has 0 atom stereocenters. The number of carbonyl (C=O) groups is 1. The first-order valence-electron chi connectivity index (χ1n) is 8.78. The number of ether oxygens (including phenoxy) is 1. The van der Waals surface area contributed by atoms with Crippen molar-refractivity contribution in [3.8, 4) is 5.75 Å². The van der Waals surface area contributed by atoms with Crippen LogP contribution in [0.5, 0.6) is 5.75 Å². The number of aromatic nitrogens is 1. The zero-order chi connectivity index (χ0) is 16.9. The summed E-state index contributed by atoms with van der Waals surface area (Å²) in [6.07, 6.45) is 2.73. The molecule has 2 heterocycles. The number of unbranched alkanes of at least 4 members (excludes halogenated alkanes) is 1. The minimum atomic E-state index is 0.291. The topological polar surface area (TPSA) is 45.7 Å². The second-order valence-corrected chi connectivity index (χ2v) is 7.01. The van der Waals surface area contributed by atoms with Crippen LogP contribution in [-0.4, -0.2) is 48.6 Å². The van der Waals surface area contributed by atoms with E-state index in [-0.39, 0.29) is 0 Å². The highest BCUT2D eigenvalue weighted by atomic mass is 32.1. The van der Waals surface area contributed by atoms with E-state index in [0.29, 0.717) is 18.9 Å². The fourth-order valence-electron chi connectivity index (χ4n) is 2.95. The van der Waals surface area contributed by atoms with Gasteiger partial charge < -0.3 is 14.5 Å². The zero-order valence-corrected chi connectivity index (χ0v) is 15.3. The Morgan fingerprint density at radius 2 is 2.04 bits per heavy atom. The molecule has 24 heavy (non-hydrogen) atoms. The molecule has 0 N–H and O–H groups in total. The number of nitrogens with zero attached hydrogens (tertiary/aromatic N) is 3. The fraction of sp³-hybridized carbons (Fsp3) is 0.556. The molecule has 1 aliphatic rings. The molecule has 1 aromatic carbocycles. The molecule has 1 saturated heterocycles. The Morgan fingerprint density at radius 1 is 1.25 bits per heavy atom. The van der Waals surface area contributed by atoms with Gasteiger partial charge in [0.15, 0.2) is 5.13 Å². The molecule has 1 aliphatic heterocycles. The van der Waals surface area contributed by atoms with Crippen LogP contribution in [0.2, 0.25) is 0 Å². The van der Waals surface area contributed by atoms with Gasteiger partial charge in [-0.1, -0.05) is 30.7 Å². The average molecular weight is 347 g/mol. The molecule has 130 valence electrons. The Hall–Kier alpha value is -1.82. The lowest BCUT2D eigenvalue weighted by Gasteiger charge is -2.34. The molecular formula is C18H25N3O2S. The second kappa shape index (κ2) is 7.83. The number of hydrogen-bond acceptors (Lipinski definition) is 5. The molecule has 2 aromatic rings. The first-order valence-corrected chi connectivity index (χ1v) is 9.59. The summed E-state index contributed by atoms with van der Waals surface area (Å²) in [6, 6.07) is 6.07. The fourth-order valence-corrected chi connectivity index (χ4v) is 3.99. The normalized spacial score (nSPS) is 15.1. The monoisotopic (exact) mass is 347 g/mol. The summed E-state index contributed by atoms with van der Waals surface area (Å²) in [5.41, 5.74) is 0.945. The largest absolute Gasteiger partial charge is 0.492 e. The smallest absolute Gasteiger partial charge is 0.222 e. The molecule has 0 saturated carbocycles. The van der Waals surface area contributed by atoms with Crippen LogP contribution in [0.3, 0.4) is 0 Å². The van der Waals surface area contributed by atoms with Gasteiger partial charge in [-0.15, -0.1) is 0 Å². The van der Waals surface area contributed by atoms with Gasteiger partial charge in [-0.05, 0) is 25.5 Å². The summed E-state index contributed by atoms with van der Waals surface area (Å²) in [5.74, 6) is 1.14. The molecular weight excluding hydrogens is 322 g/mol. The van der Waals surface area contributed by atoms with Crippen LogP contribution in [0.15, 0.2) is 18.2 Å². The number of benzene rings is 1. The van der Waals surface area contributed by atoms with Gasteiger partial charge in [0.05, 0.1) is 11.3 Å². The van der Waals surface area contributed by atoms with Crippen LogP contribution in [0.4, 0.5) is 5.13 Å². The van der Waals surface area contributed by atoms with E-state index in [9.17, 15) is 4.79 Å². The van der Waals surface area contributed by atoms with E-state index >= 15 is 0 Å². The Kier molecular flexibility index (Phi) is 5.56. The molecule has 3 rings (SSSR count). The Morgan fingerprint density at radius 3 is 2.75 bits per heavy atom. The number of anilines is 1. The first-order chi connectivity index (χ1) is 11.7. The lowest BCUT2D eigenvalue weighted by atomic mass is 10.2. The predicted molar refractivity (Wildman–Crippen MR) is 99.1 cm³/mol. The molecule has 0 spiro atoms. The summed E-state index contributed by atoms with van der Waals surface area (Å²) in [4.78, 5) is 21.2. The number of amides is 1. The summed E-state index contributed by atoms with van der Waals surface area (Å²) in [5, 5.41) is 1.03. The van der Waals surface area contributed by atoms with Crippen LogP contribution in [0.1, 0.15) is 33.1 Å². The summed E-state index contributed by atoms with van der Waals surface area (Å²) in [6.45, 7) is 8.02. The van der Waals surface area contributed by atoms with Gasteiger partial charge in [0.2, 0.25) is 5.91 Å². The molecule has 0 unspecified atom stereocenters. The number of piperazine rings is 1. The predicted octanol–water partition coefficient (Wildman–Crippen LogP) is 3.53. The Balaban J connectivity index is 1.67. The quantitative estimate of drug-likeness (QED) is 0.802. The lowest BCUT2D eigenvalue weighted by molar-refractivity contribution is -0.131. The standard InChI is InChI=1S/C18H25N3O2S/c1-3-5-9-16(22)20-10-12-21(13-11-20)18-19-17-14(23-4-2)7-6-8-15(17)24-18/h6-8H,3-5,9-13H2,1-2H3. The first kappa shape index (κ1) is 17.0. The Bertz CT molecular complexity index is 693. The maximum atomic E-state index is 12.1. The number of carbonyl (C=O) groups excluding carboxylic acids is 1. The second-order valence-electron chi connectivity index (χ2n) is 6.00. The van der Waals surface area contributed by atoms with E-state index in [4.69, 9.17) is 9.72 Å². The molecule has 0 aliphatic carbocycles. The van der Waals surface area contributed by atoms with Crippen molar-refractivity contribution in [2.45, 2.75) is 33.1 Å². The van der Waals surface area contributed by atoms with Gasteiger partial charge in [-0.3, -0.25) is 4.79 Å². The van der Waals surface area contributed by atoms with Crippen LogP contribution < -0.4 is 9.64 Å². The van der Waals surface area contributed by atoms with Gasteiger partial charge in [0.1, 0.15) is 11.3 Å². The van der Waals surface area contributed by atoms with Crippen molar-refractivity contribution in [3.05, 3.63) is 18.2 Å². The highest BCUT2D eigenvalue weighted by molar-refractivity contribution is 7.22. The van der Waals surface area contributed by atoms with Crippen LogP contribution in [0, 0.1) is 0 Å². The molecule has 0 bridgehead atoms. The average Bonchev–Trinajstić information content (AvgIpc) is 3.05. The molecule has 1 aromatic heterocycles. The summed E-state index contributed by atoms with van der Waals surface area (Å²) in [7, 11) is 0. The van der Waals surface area contributed by atoms with Crippen LogP contribution in [0.25, 0.3) is 10.2 Å². The van der Waals surface area contributed by atoms with Crippen molar-refractivity contribution >= 4 is 32.6 Å². The van der Waals surface area contributed by atoms with E-state index in [1.807, 2.05) is 24.0 Å². The maximum Gasteiger partial charge on any atom is 0.222 e. The minimum absolute atomic E-state index is 0.291. The zero-order valence-electron chi connectivity index (χ0n) is 14.5. The van der Waals surface area contributed by atoms with E-state index < -0.39 is 0 Å². The number of para-hydroxylation sites is 1. The third kappa shape index (κ3) is 3.64. The number of hydrogen-bond donors (Lipinski definition) is 0. The molecule has 1 amide bonds. The molecule has 1 fully saturated rings. The van der Waals surface area contributed by atoms with Gasteiger partial charge in [-0.25, -0.2) is 4.98 Å². The maximum absolute atomic E-state index is 12.1. The van der Waals surface area contributed by atoms with Crippen molar-refractivity contribution < 1.29 is 9.53 Å². The van der Waals surface area contributed by atoms with E-state index in [1.54, 1.807) is 11.3 Å². The third-order valence-corrected chi connectivity index (χ3v) is 5.40. The number of fused-ring (bicyclic) bond motifs is 1. The van der Waals surface area contributed by atoms with Gasteiger partial charge in [-0.2, -0.15) is 0 Å². The van der Waals surface area contributed by atoms with Gasteiger partial charge in [0, 0.05) is 32.6 Å². The molecule has 6 heteroatoms. The number of rotatable bonds is 6. The van der Waals surface area contributed by atoms with Gasteiger partial charge in [0.25, 0.3) is 0 Å². The highest BCUT2D eigenvalue weighted by Gasteiger charge is 2.23. The van der Waals surface area contributed by atoms with Crippen molar-refractivity contribution in [1.29, 1.82) is 0 Å². The van der Waals surface area contributed by atoms with Crippen molar-refractivity contribution in [1.82, 2.24) is 9.88 Å².